The molecule has 1 nitrogen and oxygen atoms in total. The number of hydrogen-bond acceptors (Lipinski definition) is 1. The molecule has 0 heterocycles. The summed E-state index contributed by atoms with van der Waals surface area (Å²) < 4.78 is 1.42. The van der Waals surface area contributed by atoms with Crippen LogP contribution in [0.25, 0.3) is 0 Å². The molecule has 0 radical (unpaired) electrons. The maximum Gasteiger partial charge on any atom is -1.00 e. The summed E-state index contributed by atoms with van der Waals surface area (Å²) in [5.41, 5.74) is 2.35. The fourth-order valence-corrected chi connectivity index (χ4v) is 1.75. The molecular formula is C19H26Cl3OTi-2. The third-order valence-electron chi connectivity index (χ3n) is 2.62. The molecule has 0 aliphatic heterocycles. The van der Waals surface area contributed by atoms with Crippen molar-refractivity contribution in [3.8, 4) is 5.75 Å². The van der Waals surface area contributed by atoms with Crippen LogP contribution in [0.15, 0.2) is 35.9 Å². The minimum atomic E-state index is 0. The summed E-state index contributed by atoms with van der Waals surface area (Å²) in [7, 11) is 0. The number of phenols is 1. The molecule has 0 spiro atoms. The van der Waals surface area contributed by atoms with E-state index in [0.29, 0.717) is 5.02 Å². The predicted molar refractivity (Wildman–Crippen MR) is 94.4 cm³/mol. The maximum atomic E-state index is 9.27. The fraction of sp³-hybridized carbons (Fsp3) is 0.421. The predicted octanol–water partition coefficient (Wildman–Crippen LogP) is -0.208. The molecule has 0 saturated heterocycles. The van der Waals surface area contributed by atoms with Gasteiger partial charge in [0.15, 0.2) is 0 Å². The maximum absolute atomic E-state index is 9.27. The summed E-state index contributed by atoms with van der Waals surface area (Å²) in [6.07, 6.45) is 8.33. The van der Waals surface area contributed by atoms with Gasteiger partial charge in [0, 0.05) is 5.02 Å². The Bertz CT molecular complexity index is 531. The quantitative estimate of drug-likeness (QED) is 0.452. The van der Waals surface area contributed by atoms with Gasteiger partial charge in [0.25, 0.3) is 0 Å². The topological polar surface area (TPSA) is 20.2 Å². The standard InChI is InChI=1S/C10H13ClO.C6H7.C3H6.2ClH.Ti/c1-10(2,3)7-4-8(11)6-9(12)5-7;1-6-4-2-3-5-6;1-3-2;;;/h4-6,12H,1-3H3;2,4H,3H2,1H3;1-2H3;2*1H;/q;-1;;;;+1/p-2. The molecule has 0 atom stereocenters. The van der Waals surface area contributed by atoms with Crippen LogP contribution in [0.4, 0.5) is 0 Å². The Kier molecular flexibility index (Phi) is 17.0. The Morgan fingerprint density at radius 2 is 1.67 bits per heavy atom. The van der Waals surface area contributed by atoms with Crippen molar-refractivity contribution in [3.05, 3.63) is 52.6 Å². The van der Waals surface area contributed by atoms with Crippen molar-refractivity contribution in [2.24, 2.45) is 0 Å². The Labute approximate surface area is 176 Å². The number of halogens is 3. The van der Waals surface area contributed by atoms with Crippen molar-refractivity contribution >= 4 is 15.4 Å². The van der Waals surface area contributed by atoms with E-state index in [-0.39, 0.29) is 36.0 Å². The van der Waals surface area contributed by atoms with Crippen molar-refractivity contribution < 1.29 is 49.9 Å². The molecule has 2 rings (SSSR count). The van der Waals surface area contributed by atoms with E-state index in [0.717, 1.165) is 12.0 Å². The van der Waals surface area contributed by atoms with E-state index in [2.05, 4.69) is 79.7 Å². The van der Waals surface area contributed by atoms with Crippen molar-refractivity contribution in [1.29, 1.82) is 0 Å². The Morgan fingerprint density at radius 3 is 1.92 bits per heavy atom. The number of benzene rings is 1. The van der Waals surface area contributed by atoms with Gasteiger partial charge in [0.1, 0.15) is 5.75 Å². The van der Waals surface area contributed by atoms with E-state index in [1.54, 1.807) is 6.07 Å². The number of rotatable bonds is 0. The van der Waals surface area contributed by atoms with Gasteiger partial charge >= 0.3 is 37.6 Å². The van der Waals surface area contributed by atoms with Gasteiger partial charge < -0.3 is 29.9 Å². The zero-order valence-electron chi connectivity index (χ0n) is 15.2. The van der Waals surface area contributed by atoms with Crippen LogP contribution < -0.4 is 24.8 Å². The monoisotopic (exact) mass is 423 g/mol. The minimum Gasteiger partial charge on any atom is -1.00 e. The summed E-state index contributed by atoms with van der Waals surface area (Å²) in [6, 6.07) is 5.16. The van der Waals surface area contributed by atoms with Crippen molar-refractivity contribution in [3.63, 3.8) is 0 Å². The van der Waals surface area contributed by atoms with Crippen molar-refractivity contribution in [2.45, 2.75) is 53.4 Å². The molecule has 0 unspecified atom stereocenters. The van der Waals surface area contributed by atoms with E-state index in [1.807, 2.05) is 6.07 Å². The van der Waals surface area contributed by atoms with Gasteiger partial charge in [0.2, 0.25) is 0 Å². The molecule has 1 aromatic carbocycles. The average Bonchev–Trinajstić information content (AvgIpc) is 2.78. The van der Waals surface area contributed by atoms with Gasteiger partial charge in [-0.15, -0.1) is 6.42 Å². The van der Waals surface area contributed by atoms with E-state index >= 15 is 0 Å². The molecule has 0 amide bonds. The fourth-order valence-electron chi connectivity index (χ4n) is 1.52. The van der Waals surface area contributed by atoms with Crippen LogP contribution in [-0.2, 0) is 25.4 Å². The first-order chi connectivity index (χ1) is 10.0. The number of phenolic OH excluding ortho intramolecular Hbond substituents is 1. The number of hydrogen-bond donors (Lipinski definition) is 1. The molecule has 0 bridgehead atoms. The van der Waals surface area contributed by atoms with Gasteiger partial charge in [-0.3, -0.25) is 6.08 Å². The second kappa shape index (κ2) is 14.2. The molecule has 0 fully saturated rings. The first-order valence-corrected chi connectivity index (χ1v) is 8.44. The molecule has 24 heavy (non-hydrogen) atoms. The van der Waals surface area contributed by atoms with Crippen LogP contribution in [-0.4, -0.2) is 8.92 Å². The molecule has 1 N–H and O–H groups in total. The van der Waals surface area contributed by atoms with Crippen LogP contribution in [0.5, 0.6) is 5.75 Å². The second-order valence-electron chi connectivity index (χ2n) is 6.41. The third kappa shape index (κ3) is 15.5. The van der Waals surface area contributed by atoms with Gasteiger partial charge in [0.05, 0.1) is 0 Å². The van der Waals surface area contributed by atoms with Crippen LogP contribution >= 0.6 is 11.6 Å². The van der Waals surface area contributed by atoms with E-state index in [9.17, 15) is 5.11 Å². The summed E-state index contributed by atoms with van der Waals surface area (Å²) in [6.45, 7) is 12.5. The van der Waals surface area contributed by atoms with Gasteiger partial charge in [-0.05, 0) is 29.2 Å². The molecule has 135 valence electrons. The zero-order valence-corrected chi connectivity index (χ0v) is 19.0. The number of allylic oxidation sites excluding steroid dienone is 4. The van der Waals surface area contributed by atoms with Gasteiger partial charge in [-0.25, -0.2) is 11.6 Å². The average molecular weight is 425 g/mol. The zero-order chi connectivity index (χ0) is 17.3. The van der Waals surface area contributed by atoms with Gasteiger partial charge in [-0.1, -0.05) is 39.3 Å². The third-order valence-corrected chi connectivity index (χ3v) is 2.83. The smallest absolute Gasteiger partial charge is 1.00 e. The summed E-state index contributed by atoms with van der Waals surface area (Å²) in [4.78, 5) is 0. The molecule has 1 aliphatic rings. The van der Waals surface area contributed by atoms with Crippen LogP contribution in [0, 0.1) is 6.08 Å². The first kappa shape index (κ1) is 28.7. The molecular weight excluding hydrogens is 398 g/mol. The normalized spacial score (nSPS) is 11.6. The van der Waals surface area contributed by atoms with Crippen LogP contribution in [0.3, 0.4) is 0 Å². The molecule has 0 aromatic heterocycles. The summed E-state index contributed by atoms with van der Waals surface area (Å²) >= 11 is 7.88. The van der Waals surface area contributed by atoms with E-state index < -0.39 is 0 Å². The van der Waals surface area contributed by atoms with E-state index in [1.165, 1.54) is 15.5 Å². The molecule has 1 aromatic rings. The SMILES string of the molecule is CC(C)(C)c1cc(O)cc(Cl)c1.CC1=[C-]CC=C1.C[C](C)=[Ti+].[Cl-].[Cl-]. The number of aromatic hydroxyl groups is 1. The largest absolute Gasteiger partial charge is 1.00 e. The first-order valence-electron chi connectivity index (χ1n) is 7.28. The Morgan fingerprint density at radius 1 is 1.17 bits per heavy atom. The van der Waals surface area contributed by atoms with Crippen LogP contribution in [0.2, 0.25) is 5.02 Å². The van der Waals surface area contributed by atoms with E-state index in [4.69, 9.17) is 11.6 Å². The molecule has 5 heteroatoms. The Hall–Kier alpha value is -0.0457. The second-order valence-corrected chi connectivity index (χ2v) is 8.41. The van der Waals surface area contributed by atoms with Crippen molar-refractivity contribution in [2.75, 3.05) is 0 Å². The molecule has 0 saturated carbocycles. The summed E-state index contributed by atoms with van der Waals surface area (Å²) in [5.74, 6) is 0.229. The summed E-state index contributed by atoms with van der Waals surface area (Å²) in [5, 5.41) is 9.86. The minimum absolute atomic E-state index is 0. The Balaban J connectivity index is -0.000000311. The van der Waals surface area contributed by atoms with Crippen molar-refractivity contribution in [1.82, 2.24) is 0 Å². The van der Waals surface area contributed by atoms with Crippen LogP contribution in [0.1, 0.15) is 53.5 Å². The van der Waals surface area contributed by atoms with Gasteiger partial charge in [-0.2, -0.15) is 6.08 Å². The molecule has 1 aliphatic carbocycles.